The molecular formula is C12H17N3O2. The Labute approximate surface area is 100 Å². The SMILES string of the molecule is CCC1(C(=O)O)CCCN1c1cc(C)ncn1. The summed E-state index contributed by atoms with van der Waals surface area (Å²) in [6, 6.07) is 1.85. The summed E-state index contributed by atoms with van der Waals surface area (Å²) in [5.41, 5.74) is 0.0677. The second-order valence-corrected chi connectivity index (χ2v) is 4.46. The van der Waals surface area contributed by atoms with Gasteiger partial charge in [-0.25, -0.2) is 14.8 Å². The lowest BCUT2D eigenvalue weighted by Crippen LogP contribution is -2.50. The summed E-state index contributed by atoms with van der Waals surface area (Å²) in [7, 11) is 0. The molecule has 0 aromatic carbocycles. The first-order valence-corrected chi connectivity index (χ1v) is 5.90. The van der Waals surface area contributed by atoms with Crippen LogP contribution in [0.1, 0.15) is 31.9 Å². The highest BCUT2D eigenvalue weighted by molar-refractivity contribution is 5.84. The van der Waals surface area contributed by atoms with Gasteiger partial charge in [-0.3, -0.25) is 0 Å². The fourth-order valence-electron chi connectivity index (χ4n) is 2.54. The molecule has 1 atom stereocenters. The van der Waals surface area contributed by atoms with Crippen molar-refractivity contribution < 1.29 is 9.90 Å². The molecule has 1 aliphatic rings. The zero-order valence-corrected chi connectivity index (χ0v) is 10.2. The van der Waals surface area contributed by atoms with Crippen molar-refractivity contribution in [2.75, 3.05) is 11.4 Å². The molecule has 1 fully saturated rings. The number of carboxylic acid groups (broad SMARTS) is 1. The van der Waals surface area contributed by atoms with E-state index in [9.17, 15) is 9.90 Å². The third kappa shape index (κ3) is 1.85. The Hall–Kier alpha value is -1.65. The lowest BCUT2D eigenvalue weighted by atomic mass is 9.93. The molecule has 17 heavy (non-hydrogen) atoms. The van der Waals surface area contributed by atoms with Crippen LogP contribution in [0.3, 0.4) is 0 Å². The van der Waals surface area contributed by atoms with Gasteiger partial charge in [-0.05, 0) is 26.2 Å². The van der Waals surface area contributed by atoms with Crippen LogP contribution in [0.4, 0.5) is 5.82 Å². The van der Waals surface area contributed by atoms with Gasteiger partial charge >= 0.3 is 5.97 Å². The summed E-state index contributed by atoms with van der Waals surface area (Å²) < 4.78 is 0. The Morgan fingerprint density at radius 3 is 2.94 bits per heavy atom. The third-order valence-corrected chi connectivity index (χ3v) is 3.54. The quantitative estimate of drug-likeness (QED) is 0.862. The number of aromatic nitrogens is 2. The van der Waals surface area contributed by atoms with Gasteiger partial charge < -0.3 is 10.0 Å². The van der Waals surface area contributed by atoms with E-state index in [1.807, 2.05) is 24.8 Å². The minimum absolute atomic E-state index is 0.589. The van der Waals surface area contributed by atoms with Gasteiger partial charge in [-0.2, -0.15) is 0 Å². The minimum atomic E-state index is -0.791. The Bertz CT molecular complexity index is 436. The minimum Gasteiger partial charge on any atom is -0.479 e. The topological polar surface area (TPSA) is 66.3 Å². The maximum Gasteiger partial charge on any atom is 0.329 e. The molecule has 1 N–H and O–H groups in total. The van der Waals surface area contributed by atoms with Crippen molar-refractivity contribution in [3.63, 3.8) is 0 Å². The summed E-state index contributed by atoms with van der Waals surface area (Å²) in [5.74, 6) is -0.0342. The highest BCUT2D eigenvalue weighted by Gasteiger charge is 2.46. The smallest absolute Gasteiger partial charge is 0.329 e. The van der Waals surface area contributed by atoms with Gasteiger partial charge in [-0.1, -0.05) is 6.92 Å². The van der Waals surface area contributed by atoms with Crippen LogP contribution in [-0.4, -0.2) is 33.1 Å². The molecule has 0 radical (unpaired) electrons. The molecule has 0 spiro atoms. The van der Waals surface area contributed by atoms with E-state index in [2.05, 4.69) is 9.97 Å². The number of hydrogen-bond donors (Lipinski definition) is 1. The van der Waals surface area contributed by atoms with Crippen molar-refractivity contribution >= 4 is 11.8 Å². The molecule has 0 bridgehead atoms. The van der Waals surface area contributed by atoms with Gasteiger partial charge in [0.25, 0.3) is 0 Å². The highest BCUT2D eigenvalue weighted by atomic mass is 16.4. The van der Waals surface area contributed by atoms with Crippen molar-refractivity contribution in [3.8, 4) is 0 Å². The number of hydrogen-bond acceptors (Lipinski definition) is 4. The molecule has 5 heteroatoms. The standard InChI is InChI=1S/C12H17N3O2/c1-3-12(11(16)17)5-4-6-15(12)10-7-9(2)13-8-14-10/h7-8H,3-6H2,1-2H3,(H,16,17). The van der Waals surface area contributed by atoms with Gasteiger partial charge in [-0.15, -0.1) is 0 Å². The van der Waals surface area contributed by atoms with Crippen molar-refractivity contribution in [3.05, 3.63) is 18.1 Å². The summed E-state index contributed by atoms with van der Waals surface area (Å²) in [5, 5.41) is 9.48. The predicted octanol–water partition coefficient (Wildman–Crippen LogP) is 1.62. The van der Waals surface area contributed by atoms with Crippen molar-refractivity contribution in [1.82, 2.24) is 9.97 Å². The Kier molecular flexibility index (Phi) is 3.00. The van der Waals surface area contributed by atoms with Crippen molar-refractivity contribution in [2.45, 2.75) is 38.6 Å². The van der Waals surface area contributed by atoms with Crippen molar-refractivity contribution in [2.24, 2.45) is 0 Å². The maximum atomic E-state index is 11.5. The van der Waals surface area contributed by atoms with Gasteiger partial charge in [0, 0.05) is 18.3 Å². The Morgan fingerprint density at radius 2 is 2.35 bits per heavy atom. The molecule has 0 amide bonds. The van der Waals surface area contributed by atoms with Gasteiger partial charge in [0.05, 0.1) is 0 Å². The summed E-state index contributed by atoms with van der Waals surface area (Å²) in [6.45, 7) is 4.55. The van der Waals surface area contributed by atoms with E-state index in [1.54, 1.807) is 0 Å². The highest BCUT2D eigenvalue weighted by Crippen LogP contribution is 2.35. The number of nitrogens with zero attached hydrogens (tertiary/aromatic N) is 3. The number of aliphatic carboxylic acids is 1. The van der Waals surface area contributed by atoms with E-state index in [0.717, 1.165) is 24.5 Å². The normalized spacial score (nSPS) is 24.0. The lowest BCUT2D eigenvalue weighted by molar-refractivity contribution is -0.143. The Morgan fingerprint density at radius 1 is 1.59 bits per heavy atom. The third-order valence-electron chi connectivity index (χ3n) is 3.54. The largest absolute Gasteiger partial charge is 0.479 e. The molecule has 1 aromatic heterocycles. The van der Waals surface area contributed by atoms with Crippen LogP contribution in [-0.2, 0) is 4.79 Å². The maximum absolute atomic E-state index is 11.5. The lowest BCUT2D eigenvalue weighted by Gasteiger charge is -2.34. The second-order valence-electron chi connectivity index (χ2n) is 4.46. The van der Waals surface area contributed by atoms with Crippen LogP contribution >= 0.6 is 0 Å². The number of carboxylic acids is 1. The molecule has 2 rings (SSSR count). The van der Waals surface area contributed by atoms with Crippen LogP contribution in [0, 0.1) is 6.92 Å². The van der Waals surface area contributed by atoms with Gasteiger partial charge in [0.1, 0.15) is 17.7 Å². The molecule has 0 aliphatic carbocycles. The average molecular weight is 235 g/mol. The molecule has 2 heterocycles. The first-order valence-electron chi connectivity index (χ1n) is 5.90. The predicted molar refractivity (Wildman–Crippen MR) is 64.0 cm³/mol. The first-order chi connectivity index (χ1) is 8.10. The zero-order valence-electron chi connectivity index (χ0n) is 10.2. The second kappa shape index (κ2) is 4.31. The summed E-state index contributed by atoms with van der Waals surface area (Å²) in [6.07, 6.45) is 3.65. The molecule has 1 aromatic rings. The fraction of sp³-hybridized carbons (Fsp3) is 0.583. The summed E-state index contributed by atoms with van der Waals surface area (Å²) in [4.78, 5) is 21.7. The molecule has 5 nitrogen and oxygen atoms in total. The van der Waals surface area contributed by atoms with E-state index in [1.165, 1.54) is 6.33 Å². The van der Waals surface area contributed by atoms with Gasteiger partial charge in [0.15, 0.2) is 0 Å². The fourth-order valence-corrected chi connectivity index (χ4v) is 2.54. The number of carbonyl (C=O) groups is 1. The number of anilines is 1. The van der Waals surface area contributed by atoms with E-state index >= 15 is 0 Å². The molecule has 92 valence electrons. The number of rotatable bonds is 3. The number of aryl methyl sites for hydroxylation is 1. The molecule has 1 saturated heterocycles. The average Bonchev–Trinajstić information content (AvgIpc) is 2.73. The van der Waals surface area contributed by atoms with Crippen LogP contribution in [0.5, 0.6) is 0 Å². The van der Waals surface area contributed by atoms with E-state index in [0.29, 0.717) is 12.8 Å². The first kappa shape index (κ1) is 11.8. The van der Waals surface area contributed by atoms with E-state index in [4.69, 9.17) is 0 Å². The van der Waals surface area contributed by atoms with Crippen LogP contribution in [0.25, 0.3) is 0 Å². The molecule has 1 aliphatic heterocycles. The zero-order chi connectivity index (χ0) is 12.5. The van der Waals surface area contributed by atoms with E-state index < -0.39 is 11.5 Å². The van der Waals surface area contributed by atoms with Crippen LogP contribution < -0.4 is 4.90 Å². The summed E-state index contributed by atoms with van der Waals surface area (Å²) >= 11 is 0. The Balaban J connectivity index is 2.40. The van der Waals surface area contributed by atoms with Crippen molar-refractivity contribution in [1.29, 1.82) is 0 Å². The van der Waals surface area contributed by atoms with Crippen LogP contribution in [0.2, 0.25) is 0 Å². The van der Waals surface area contributed by atoms with Gasteiger partial charge in [0.2, 0.25) is 0 Å². The monoisotopic (exact) mass is 235 g/mol. The van der Waals surface area contributed by atoms with E-state index in [-0.39, 0.29) is 0 Å². The molecule has 0 saturated carbocycles. The molecular weight excluding hydrogens is 218 g/mol. The van der Waals surface area contributed by atoms with Crippen LogP contribution in [0.15, 0.2) is 12.4 Å². The molecule has 1 unspecified atom stereocenters.